The number of hydrogen-bond acceptors (Lipinski definition) is 6. The lowest BCUT2D eigenvalue weighted by Crippen LogP contribution is -2.30. The molecule has 0 aliphatic rings. The number of hydrogen-bond donors (Lipinski definition) is 1. The maximum Gasteiger partial charge on any atom is 0.262 e. The van der Waals surface area contributed by atoms with Crippen LogP contribution in [0.5, 0.6) is 17.2 Å². The quantitative estimate of drug-likeness (QED) is 0.385. The highest BCUT2D eigenvalue weighted by Gasteiger charge is 2.23. The molecule has 35 heavy (non-hydrogen) atoms. The molecule has 0 saturated carbocycles. The third-order valence-corrected chi connectivity index (χ3v) is 7.20. The summed E-state index contributed by atoms with van der Waals surface area (Å²) in [6.45, 7) is 5.24. The van der Waals surface area contributed by atoms with Gasteiger partial charge in [-0.2, -0.15) is 4.31 Å². The third kappa shape index (κ3) is 6.68. The summed E-state index contributed by atoms with van der Waals surface area (Å²) < 4.78 is 38.8. The Morgan fingerprint density at radius 1 is 0.886 bits per heavy atom. The zero-order chi connectivity index (χ0) is 25.4. The van der Waals surface area contributed by atoms with E-state index in [0.717, 1.165) is 0 Å². The molecule has 1 N–H and O–H groups in total. The number of ketones is 1. The molecule has 9 heteroatoms. The van der Waals surface area contributed by atoms with Gasteiger partial charge >= 0.3 is 0 Å². The Bertz CT molecular complexity index is 1290. The Labute approximate surface area is 205 Å². The fourth-order valence-corrected chi connectivity index (χ4v) is 4.81. The van der Waals surface area contributed by atoms with Crippen LogP contribution in [0.2, 0.25) is 0 Å². The SMILES string of the molecule is CCN(CC)S(=O)(=O)c1ccc(Oc2ccccc2)c(NC(=O)COc2cccc(C(C)=O)c2)c1. The maximum atomic E-state index is 13.0. The van der Waals surface area contributed by atoms with Crippen molar-refractivity contribution >= 4 is 27.4 Å². The first-order valence-corrected chi connectivity index (χ1v) is 12.6. The lowest BCUT2D eigenvalue weighted by Gasteiger charge is -2.20. The Morgan fingerprint density at radius 2 is 1.57 bits per heavy atom. The number of nitrogens with zero attached hydrogens (tertiary/aromatic N) is 1. The summed E-state index contributed by atoms with van der Waals surface area (Å²) in [6, 6.07) is 19.8. The van der Waals surface area contributed by atoms with Gasteiger partial charge in [0.1, 0.15) is 11.5 Å². The number of nitrogens with one attached hydrogen (secondary N) is 1. The summed E-state index contributed by atoms with van der Waals surface area (Å²) in [5.74, 6) is 0.537. The van der Waals surface area contributed by atoms with E-state index in [1.807, 2.05) is 6.07 Å². The van der Waals surface area contributed by atoms with Crippen molar-refractivity contribution in [1.29, 1.82) is 0 Å². The molecule has 1 amide bonds. The second kappa shape index (κ2) is 11.6. The van der Waals surface area contributed by atoms with Gasteiger partial charge < -0.3 is 14.8 Å². The molecule has 0 aromatic heterocycles. The van der Waals surface area contributed by atoms with Gasteiger partial charge in [-0.25, -0.2) is 8.42 Å². The number of amides is 1. The summed E-state index contributed by atoms with van der Waals surface area (Å²) in [4.78, 5) is 24.3. The summed E-state index contributed by atoms with van der Waals surface area (Å²) in [6.07, 6.45) is 0. The molecule has 0 heterocycles. The highest BCUT2D eigenvalue weighted by molar-refractivity contribution is 7.89. The predicted molar refractivity (Wildman–Crippen MR) is 134 cm³/mol. The summed E-state index contributed by atoms with van der Waals surface area (Å²) in [5.41, 5.74) is 0.656. The van der Waals surface area contributed by atoms with Gasteiger partial charge in [-0.05, 0) is 49.4 Å². The van der Waals surface area contributed by atoms with Crippen molar-refractivity contribution in [3.05, 3.63) is 78.4 Å². The zero-order valence-electron chi connectivity index (χ0n) is 19.9. The van der Waals surface area contributed by atoms with Gasteiger partial charge in [0.15, 0.2) is 18.1 Å². The topological polar surface area (TPSA) is 102 Å². The summed E-state index contributed by atoms with van der Waals surface area (Å²) in [5, 5.41) is 2.69. The van der Waals surface area contributed by atoms with Gasteiger partial charge in [0.05, 0.1) is 10.6 Å². The van der Waals surface area contributed by atoms with Crippen LogP contribution in [0.1, 0.15) is 31.1 Å². The number of para-hydroxylation sites is 1. The van der Waals surface area contributed by atoms with Gasteiger partial charge in [-0.15, -0.1) is 0 Å². The van der Waals surface area contributed by atoms with E-state index in [1.54, 1.807) is 62.4 Å². The molecule has 0 spiro atoms. The predicted octanol–water partition coefficient (Wildman–Crippen LogP) is 4.73. The number of sulfonamides is 1. The van der Waals surface area contributed by atoms with Crippen LogP contribution in [0.15, 0.2) is 77.7 Å². The number of rotatable bonds is 11. The lowest BCUT2D eigenvalue weighted by molar-refractivity contribution is -0.118. The Kier molecular flexibility index (Phi) is 8.62. The second-order valence-corrected chi connectivity index (χ2v) is 9.52. The fourth-order valence-electron chi connectivity index (χ4n) is 3.32. The van der Waals surface area contributed by atoms with Gasteiger partial charge in [0.2, 0.25) is 10.0 Å². The van der Waals surface area contributed by atoms with Crippen LogP contribution >= 0.6 is 0 Å². The molecule has 3 aromatic carbocycles. The molecule has 0 atom stereocenters. The van der Waals surface area contributed by atoms with Crippen molar-refractivity contribution in [2.45, 2.75) is 25.7 Å². The standard InChI is InChI=1S/C26H28N2O6S/c1-4-28(5-2)35(31,32)23-14-15-25(34-21-11-7-6-8-12-21)24(17-23)27-26(30)18-33-22-13-9-10-20(16-22)19(3)29/h6-17H,4-5,18H2,1-3H3,(H,27,30). The Hall–Kier alpha value is -3.69. The van der Waals surface area contributed by atoms with E-state index in [9.17, 15) is 18.0 Å². The van der Waals surface area contributed by atoms with Crippen LogP contribution in [0.3, 0.4) is 0 Å². The second-order valence-electron chi connectivity index (χ2n) is 7.58. The van der Waals surface area contributed by atoms with E-state index in [4.69, 9.17) is 9.47 Å². The summed E-state index contributed by atoms with van der Waals surface area (Å²) in [7, 11) is -3.75. The highest BCUT2D eigenvalue weighted by atomic mass is 32.2. The molecule has 0 aliphatic heterocycles. The first-order chi connectivity index (χ1) is 16.7. The highest BCUT2D eigenvalue weighted by Crippen LogP contribution is 2.32. The molecular formula is C26H28N2O6S. The van der Waals surface area contributed by atoms with Crippen molar-refractivity contribution in [2.24, 2.45) is 0 Å². The van der Waals surface area contributed by atoms with Gasteiger partial charge in [-0.1, -0.05) is 44.2 Å². The van der Waals surface area contributed by atoms with Crippen molar-refractivity contribution < 1.29 is 27.5 Å². The minimum atomic E-state index is -3.75. The van der Waals surface area contributed by atoms with Gasteiger partial charge in [-0.3, -0.25) is 9.59 Å². The van der Waals surface area contributed by atoms with E-state index in [-0.39, 0.29) is 28.7 Å². The average Bonchev–Trinajstić information content (AvgIpc) is 2.85. The van der Waals surface area contributed by atoms with Crippen LogP contribution in [0.25, 0.3) is 0 Å². The smallest absolute Gasteiger partial charge is 0.262 e. The molecule has 0 radical (unpaired) electrons. The molecule has 0 saturated heterocycles. The third-order valence-electron chi connectivity index (χ3n) is 5.15. The van der Waals surface area contributed by atoms with E-state index < -0.39 is 15.9 Å². The maximum absolute atomic E-state index is 13.0. The van der Waals surface area contributed by atoms with E-state index in [0.29, 0.717) is 30.2 Å². The van der Waals surface area contributed by atoms with E-state index >= 15 is 0 Å². The lowest BCUT2D eigenvalue weighted by atomic mass is 10.1. The Morgan fingerprint density at radius 3 is 2.23 bits per heavy atom. The monoisotopic (exact) mass is 496 g/mol. The fraction of sp³-hybridized carbons (Fsp3) is 0.231. The molecule has 0 unspecified atom stereocenters. The van der Waals surface area contributed by atoms with E-state index in [2.05, 4.69) is 5.32 Å². The first kappa shape index (κ1) is 25.9. The van der Waals surface area contributed by atoms with Crippen LogP contribution in [-0.2, 0) is 14.8 Å². The molecule has 3 aromatic rings. The number of ether oxygens (including phenoxy) is 2. The molecule has 8 nitrogen and oxygen atoms in total. The zero-order valence-corrected chi connectivity index (χ0v) is 20.7. The number of benzene rings is 3. The van der Waals surface area contributed by atoms with Gasteiger partial charge in [0, 0.05) is 18.7 Å². The number of carbonyl (C=O) groups excluding carboxylic acids is 2. The molecule has 0 aliphatic carbocycles. The van der Waals surface area contributed by atoms with Crippen LogP contribution in [-0.4, -0.2) is 44.1 Å². The Balaban J connectivity index is 1.85. The van der Waals surface area contributed by atoms with E-state index in [1.165, 1.54) is 29.4 Å². The van der Waals surface area contributed by atoms with Crippen molar-refractivity contribution in [2.75, 3.05) is 25.0 Å². The molecule has 0 fully saturated rings. The van der Waals surface area contributed by atoms with Crippen LogP contribution < -0.4 is 14.8 Å². The molecular weight excluding hydrogens is 468 g/mol. The summed E-state index contributed by atoms with van der Waals surface area (Å²) >= 11 is 0. The molecule has 184 valence electrons. The van der Waals surface area contributed by atoms with Crippen molar-refractivity contribution in [3.8, 4) is 17.2 Å². The van der Waals surface area contributed by atoms with Gasteiger partial charge in [0.25, 0.3) is 5.91 Å². The van der Waals surface area contributed by atoms with Crippen molar-refractivity contribution in [3.63, 3.8) is 0 Å². The normalized spacial score (nSPS) is 11.2. The minimum absolute atomic E-state index is 0.0342. The largest absolute Gasteiger partial charge is 0.484 e. The van der Waals surface area contributed by atoms with Crippen LogP contribution in [0.4, 0.5) is 5.69 Å². The molecule has 0 bridgehead atoms. The number of Topliss-reactive ketones (excluding diaryl/α,β-unsaturated/α-hetero) is 1. The first-order valence-electron chi connectivity index (χ1n) is 11.1. The molecule has 3 rings (SSSR count). The average molecular weight is 497 g/mol. The minimum Gasteiger partial charge on any atom is -0.484 e. The van der Waals surface area contributed by atoms with Crippen LogP contribution in [0, 0.1) is 0 Å². The number of anilines is 1. The van der Waals surface area contributed by atoms with Crippen molar-refractivity contribution in [1.82, 2.24) is 4.31 Å². The number of carbonyl (C=O) groups is 2.